The fourth-order valence-electron chi connectivity index (χ4n) is 4.18. The van der Waals surface area contributed by atoms with Gasteiger partial charge >= 0.3 is 0 Å². The second kappa shape index (κ2) is 4.82. The highest BCUT2D eigenvalue weighted by molar-refractivity contribution is 6.04. The smallest absolute Gasteiger partial charge is 0.298 e. The molecule has 3 aromatic heterocycles. The molecule has 1 aliphatic rings. The summed E-state index contributed by atoms with van der Waals surface area (Å²) in [5, 5.41) is 0.940. The average molecular weight is 340 g/mol. The van der Waals surface area contributed by atoms with E-state index in [0.717, 1.165) is 28.0 Å². The van der Waals surface area contributed by atoms with Gasteiger partial charge < -0.3 is 4.57 Å². The third-order valence-electron chi connectivity index (χ3n) is 5.27. The first-order valence-corrected chi connectivity index (χ1v) is 8.62. The van der Waals surface area contributed by atoms with Gasteiger partial charge in [-0.3, -0.25) is 4.98 Å². The number of fused-ring (bicyclic) bond motifs is 7. The van der Waals surface area contributed by atoms with Gasteiger partial charge in [-0.25, -0.2) is 4.57 Å². The lowest BCUT2D eigenvalue weighted by molar-refractivity contribution is -0.645. The molecule has 26 heavy (non-hydrogen) atoms. The van der Waals surface area contributed by atoms with Crippen molar-refractivity contribution in [3.8, 4) is 17.1 Å². The monoisotopic (exact) mass is 340 g/mol. The molecule has 1 aliphatic heterocycles. The Morgan fingerprint density at radius 2 is 1.88 bits per heavy atom. The maximum absolute atomic E-state index is 8.27. The van der Waals surface area contributed by atoms with Gasteiger partial charge in [0.2, 0.25) is 5.52 Å². The second-order valence-electron chi connectivity index (χ2n) is 6.64. The van der Waals surface area contributed by atoms with Crippen LogP contribution in [0.25, 0.3) is 39.1 Å². The van der Waals surface area contributed by atoms with Crippen molar-refractivity contribution in [1.29, 1.82) is 0 Å². The van der Waals surface area contributed by atoms with E-state index in [2.05, 4.69) is 14.1 Å². The highest BCUT2D eigenvalue weighted by Gasteiger charge is 2.37. The van der Waals surface area contributed by atoms with Crippen LogP contribution in [0, 0.1) is 0 Å². The number of benzene rings is 2. The standard InChI is InChI=1S/C22H17N4/c1-24-19-10-6-5-9-17(19)20-22(24)26(16-7-3-2-4-8-16)21-18-13-23-12-11-15(18)14-25(20)21/h2-13H,14H2,1H3/q+1/i1D3. The van der Waals surface area contributed by atoms with Crippen LogP contribution >= 0.6 is 0 Å². The zero-order valence-electron chi connectivity index (χ0n) is 16.9. The highest BCUT2D eigenvalue weighted by Crippen LogP contribution is 2.37. The van der Waals surface area contributed by atoms with E-state index in [1.54, 1.807) is 6.20 Å². The zero-order chi connectivity index (χ0) is 19.8. The molecular formula is C22H17N4+. The fourth-order valence-corrected chi connectivity index (χ4v) is 4.18. The Hall–Kier alpha value is -3.40. The Morgan fingerprint density at radius 1 is 1.04 bits per heavy atom. The molecule has 0 bridgehead atoms. The quantitative estimate of drug-likeness (QED) is 0.418. The predicted molar refractivity (Wildman–Crippen MR) is 102 cm³/mol. The van der Waals surface area contributed by atoms with Crippen molar-refractivity contribution in [2.75, 3.05) is 0 Å². The first-order valence-electron chi connectivity index (χ1n) is 10.1. The van der Waals surface area contributed by atoms with Gasteiger partial charge in [0.15, 0.2) is 0 Å². The maximum Gasteiger partial charge on any atom is 0.298 e. The van der Waals surface area contributed by atoms with Crippen molar-refractivity contribution in [2.45, 2.75) is 6.54 Å². The van der Waals surface area contributed by atoms with Gasteiger partial charge in [0.05, 0.1) is 16.5 Å². The molecule has 2 aromatic carbocycles. The minimum Gasteiger partial charge on any atom is -0.307 e. The number of rotatable bonds is 1. The molecule has 4 nitrogen and oxygen atoms in total. The van der Waals surface area contributed by atoms with Gasteiger partial charge in [-0.1, -0.05) is 30.3 Å². The molecule has 6 rings (SSSR count). The van der Waals surface area contributed by atoms with Crippen LogP contribution in [0.3, 0.4) is 0 Å². The minimum absolute atomic E-state index is 0.682. The van der Waals surface area contributed by atoms with Crippen LogP contribution in [0.2, 0.25) is 0 Å². The molecule has 0 N–H and O–H groups in total. The van der Waals surface area contributed by atoms with E-state index < -0.39 is 6.98 Å². The Labute approximate surface area is 154 Å². The summed E-state index contributed by atoms with van der Waals surface area (Å²) in [5.74, 6) is 0.966. The van der Waals surface area contributed by atoms with Gasteiger partial charge in [0.1, 0.15) is 12.2 Å². The van der Waals surface area contributed by atoms with Crippen molar-refractivity contribution < 1.29 is 8.68 Å². The summed E-state index contributed by atoms with van der Waals surface area (Å²) in [6, 6.07) is 19.7. The van der Waals surface area contributed by atoms with Crippen molar-refractivity contribution >= 4 is 22.1 Å². The number of pyridine rings is 1. The molecule has 0 amide bonds. The van der Waals surface area contributed by atoms with Crippen LogP contribution in [0.15, 0.2) is 73.1 Å². The predicted octanol–water partition coefficient (Wildman–Crippen LogP) is 3.83. The second-order valence-corrected chi connectivity index (χ2v) is 6.64. The van der Waals surface area contributed by atoms with E-state index in [1.165, 1.54) is 10.1 Å². The van der Waals surface area contributed by atoms with E-state index in [1.807, 2.05) is 66.9 Å². The molecule has 0 atom stereocenters. The SMILES string of the molecule is [2H]C([2H])([2H])n1c2ccccc2c2c1n(-c1ccccc1)c1[n+]2Cc2ccncc2-1. The van der Waals surface area contributed by atoms with Crippen LogP contribution in [0.4, 0.5) is 0 Å². The maximum atomic E-state index is 8.27. The van der Waals surface area contributed by atoms with E-state index >= 15 is 0 Å². The number of hydrogen-bond donors (Lipinski definition) is 0. The Balaban J connectivity index is 1.89. The minimum atomic E-state index is -2.31. The topological polar surface area (TPSA) is 26.6 Å². The van der Waals surface area contributed by atoms with Crippen LogP contribution in [0.1, 0.15) is 9.68 Å². The molecule has 0 radical (unpaired) electrons. The van der Waals surface area contributed by atoms with Gasteiger partial charge in [0, 0.05) is 29.0 Å². The lowest BCUT2D eigenvalue weighted by Crippen LogP contribution is -2.31. The van der Waals surface area contributed by atoms with E-state index in [-0.39, 0.29) is 0 Å². The van der Waals surface area contributed by atoms with Crippen LogP contribution in [-0.4, -0.2) is 14.1 Å². The summed E-state index contributed by atoms with van der Waals surface area (Å²) in [5.41, 5.74) is 5.48. The van der Waals surface area contributed by atoms with Gasteiger partial charge in [0.25, 0.3) is 11.5 Å². The fraction of sp³-hybridized carbons (Fsp3) is 0.0909. The van der Waals surface area contributed by atoms with Crippen molar-refractivity contribution in [3.05, 3.63) is 78.6 Å². The van der Waals surface area contributed by atoms with Gasteiger partial charge in [-0.15, -0.1) is 0 Å². The van der Waals surface area contributed by atoms with Crippen molar-refractivity contribution in [3.63, 3.8) is 0 Å². The van der Waals surface area contributed by atoms with Crippen LogP contribution in [0.5, 0.6) is 0 Å². The third-order valence-corrected chi connectivity index (χ3v) is 5.27. The molecule has 4 heterocycles. The van der Waals surface area contributed by atoms with E-state index in [4.69, 9.17) is 4.11 Å². The summed E-state index contributed by atoms with van der Waals surface area (Å²) in [6.07, 6.45) is 3.68. The Kier molecular flexibility index (Phi) is 2.09. The van der Waals surface area contributed by atoms with E-state index in [0.29, 0.717) is 17.7 Å². The molecule has 0 saturated heterocycles. The molecule has 5 aromatic rings. The average Bonchev–Trinajstić information content (AvgIpc) is 3.34. The lowest BCUT2D eigenvalue weighted by Gasteiger charge is -2.03. The summed E-state index contributed by atoms with van der Waals surface area (Å²) in [6.45, 7) is -1.61. The number of hydrogen-bond acceptors (Lipinski definition) is 1. The lowest BCUT2D eigenvalue weighted by atomic mass is 10.1. The largest absolute Gasteiger partial charge is 0.307 e. The number of aryl methyl sites for hydroxylation is 1. The van der Waals surface area contributed by atoms with Crippen LogP contribution in [-0.2, 0) is 13.5 Å². The van der Waals surface area contributed by atoms with Crippen molar-refractivity contribution in [2.24, 2.45) is 6.98 Å². The van der Waals surface area contributed by atoms with Gasteiger partial charge in [-0.05, 0) is 30.3 Å². The summed E-state index contributed by atoms with van der Waals surface area (Å²) in [4.78, 5) is 4.33. The third kappa shape index (κ3) is 1.59. The molecule has 0 unspecified atom stereocenters. The molecular weight excluding hydrogens is 320 g/mol. The Bertz CT molecular complexity index is 1410. The first kappa shape index (κ1) is 11.3. The highest BCUT2D eigenvalue weighted by atomic mass is 15.3. The molecule has 0 aliphatic carbocycles. The number of aromatic nitrogens is 4. The summed E-state index contributed by atoms with van der Waals surface area (Å²) in [7, 11) is 0. The van der Waals surface area contributed by atoms with Crippen LogP contribution < -0.4 is 4.57 Å². The number of imidazole rings is 1. The zero-order valence-corrected chi connectivity index (χ0v) is 13.9. The number of nitrogens with zero attached hydrogens (tertiary/aromatic N) is 4. The molecule has 0 saturated carbocycles. The normalized spacial score (nSPS) is 14.8. The number of para-hydroxylation sites is 2. The molecule has 0 spiro atoms. The Morgan fingerprint density at radius 3 is 2.77 bits per heavy atom. The molecule has 124 valence electrons. The van der Waals surface area contributed by atoms with Gasteiger partial charge in [-0.2, -0.15) is 4.57 Å². The molecule has 0 fully saturated rings. The van der Waals surface area contributed by atoms with E-state index in [9.17, 15) is 0 Å². The summed E-state index contributed by atoms with van der Waals surface area (Å²) < 4.78 is 30.6. The first-order chi connectivity index (χ1) is 14.1. The molecule has 4 heteroatoms. The summed E-state index contributed by atoms with van der Waals surface area (Å²) >= 11 is 0. The van der Waals surface area contributed by atoms with Crippen molar-refractivity contribution in [1.82, 2.24) is 14.1 Å².